The molecular formula is C28H35IN2O. The molecule has 5 rings (SSSR count). The Morgan fingerprint density at radius 1 is 1.12 bits per heavy atom. The smallest absolute Gasteiger partial charge is 0.222 e. The van der Waals surface area contributed by atoms with Crippen molar-refractivity contribution in [2.45, 2.75) is 76.7 Å². The van der Waals surface area contributed by atoms with Crippen molar-refractivity contribution in [3.63, 3.8) is 0 Å². The number of piperidine rings is 1. The van der Waals surface area contributed by atoms with E-state index in [2.05, 4.69) is 76.3 Å². The maximum atomic E-state index is 13.0. The van der Waals surface area contributed by atoms with Gasteiger partial charge in [0.2, 0.25) is 5.91 Å². The summed E-state index contributed by atoms with van der Waals surface area (Å²) in [5.41, 5.74) is 7.20. The molecule has 2 heterocycles. The summed E-state index contributed by atoms with van der Waals surface area (Å²) in [6.07, 6.45) is 18.0. The number of carbonyl (C=O) groups excluding carboxylic acids is 1. The number of benzene rings is 1. The molecule has 1 unspecified atom stereocenters. The lowest BCUT2D eigenvalue weighted by molar-refractivity contribution is -0.132. The number of carbonyl (C=O) groups is 1. The second-order valence-corrected chi connectivity index (χ2v) is 11.4. The first-order chi connectivity index (χ1) is 15.5. The van der Waals surface area contributed by atoms with Crippen LogP contribution in [-0.2, 0) is 11.2 Å². The van der Waals surface area contributed by atoms with Gasteiger partial charge in [-0.1, -0.05) is 37.0 Å². The minimum atomic E-state index is -0.156. The van der Waals surface area contributed by atoms with Gasteiger partial charge in [0.15, 0.2) is 0 Å². The molecule has 4 aliphatic rings. The molecule has 3 nitrogen and oxygen atoms in total. The molecule has 2 aliphatic heterocycles. The lowest BCUT2D eigenvalue weighted by Crippen LogP contribution is -2.45. The standard InChI is InChI=1S/C28H35IN2O/c1-28-23(8-5-15-30-28)10-9-22-19-24(29)11-12-25(22)27(28)21-13-16-31(17-14-21)26(32)18-20-6-3-2-4-7-20/h5,8,11-12,15,19-20,30H,2-4,6-7,9-10,13-14,16-18H2,1H3. The van der Waals surface area contributed by atoms with Gasteiger partial charge in [-0.25, -0.2) is 0 Å². The first-order valence-corrected chi connectivity index (χ1v) is 13.6. The molecule has 2 fully saturated rings. The molecule has 0 aromatic heterocycles. The van der Waals surface area contributed by atoms with Crippen molar-refractivity contribution >= 4 is 34.1 Å². The van der Waals surface area contributed by atoms with Gasteiger partial charge < -0.3 is 10.2 Å². The maximum Gasteiger partial charge on any atom is 0.222 e. The normalized spacial score (nSPS) is 26.1. The Labute approximate surface area is 206 Å². The summed E-state index contributed by atoms with van der Waals surface area (Å²) in [5, 5.41) is 3.74. The topological polar surface area (TPSA) is 32.3 Å². The van der Waals surface area contributed by atoms with Gasteiger partial charge in [0.1, 0.15) is 0 Å². The lowest BCUT2D eigenvalue weighted by Gasteiger charge is -2.40. The number of dihydropyridines is 1. The number of fused-ring (bicyclic) bond motifs is 2. The molecule has 2 aliphatic carbocycles. The highest BCUT2D eigenvalue weighted by atomic mass is 127. The number of hydrogen-bond donors (Lipinski definition) is 1. The van der Waals surface area contributed by atoms with Crippen LogP contribution in [0.1, 0.15) is 75.8 Å². The second-order valence-electron chi connectivity index (χ2n) is 10.2. The Morgan fingerprint density at radius 2 is 1.91 bits per heavy atom. The molecule has 1 N–H and O–H groups in total. The second kappa shape index (κ2) is 9.36. The Morgan fingerprint density at radius 3 is 2.69 bits per heavy atom. The zero-order valence-electron chi connectivity index (χ0n) is 19.3. The van der Waals surface area contributed by atoms with Crippen LogP contribution >= 0.6 is 22.6 Å². The number of nitrogens with zero attached hydrogens (tertiary/aromatic N) is 1. The zero-order valence-corrected chi connectivity index (χ0v) is 21.4. The number of allylic oxidation sites excluding steroid dienone is 2. The van der Waals surface area contributed by atoms with E-state index in [9.17, 15) is 4.79 Å². The molecule has 0 spiro atoms. The fraction of sp³-hybridized carbons (Fsp3) is 0.536. The fourth-order valence-electron chi connectivity index (χ4n) is 6.34. The third kappa shape index (κ3) is 4.32. The zero-order chi connectivity index (χ0) is 22.1. The number of halogens is 1. The van der Waals surface area contributed by atoms with Crippen molar-refractivity contribution < 1.29 is 4.79 Å². The average molecular weight is 543 g/mol. The highest BCUT2D eigenvalue weighted by Crippen LogP contribution is 2.45. The Balaban J connectivity index is 1.42. The maximum absolute atomic E-state index is 13.0. The van der Waals surface area contributed by atoms with Gasteiger partial charge in [0, 0.05) is 23.1 Å². The van der Waals surface area contributed by atoms with E-state index in [1.807, 2.05) is 0 Å². The van der Waals surface area contributed by atoms with Crippen molar-refractivity contribution in [3.8, 4) is 0 Å². The molecule has 1 amide bonds. The SMILES string of the molecule is CC12NC=CC=C1CCc1cc(I)ccc1C2=C1CCN(C(=O)CC2CCCCC2)CC1. The monoisotopic (exact) mass is 542 g/mol. The van der Waals surface area contributed by atoms with Crippen molar-refractivity contribution in [1.29, 1.82) is 0 Å². The molecule has 1 aromatic carbocycles. The highest BCUT2D eigenvalue weighted by molar-refractivity contribution is 14.1. The Kier molecular flexibility index (Phi) is 6.51. The summed E-state index contributed by atoms with van der Waals surface area (Å²) >= 11 is 2.43. The van der Waals surface area contributed by atoms with E-state index in [1.54, 1.807) is 0 Å². The fourth-order valence-corrected chi connectivity index (χ4v) is 6.90. The molecule has 1 aromatic rings. The number of nitrogens with one attached hydrogen (secondary N) is 1. The van der Waals surface area contributed by atoms with Crippen molar-refractivity contribution in [2.24, 2.45) is 5.92 Å². The van der Waals surface area contributed by atoms with Crippen molar-refractivity contribution in [3.05, 3.63) is 62.4 Å². The number of rotatable bonds is 2. The van der Waals surface area contributed by atoms with Crippen LogP contribution in [0.15, 0.2) is 47.7 Å². The summed E-state index contributed by atoms with van der Waals surface area (Å²) in [6.45, 7) is 4.10. The summed E-state index contributed by atoms with van der Waals surface area (Å²) in [7, 11) is 0. The third-order valence-corrected chi connectivity index (χ3v) is 8.84. The molecule has 4 heteroatoms. The van der Waals surface area contributed by atoms with Gasteiger partial charge in [-0.3, -0.25) is 4.79 Å². The Bertz CT molecular complexity index is 975. The first kappa shape index (κ1) is 22.2. The van der Waals surface area contributed by atoms with Gasteiger partial charge in [0.05, 0.1) is 5.54 Å². The van der Waals surface area contributed by atoms with Gasteiger partial charge in [0.25, 0.3) is 0 Å². The van der Waals surface area contributed by atoms with Gasteiger partial charge in [-0.2, -0.15) is 0 Å². The molecule has 0 radical (unpaired) electrons. The molecular weight excluding hydrogens is 507 g/mol. The summed E-state index contributed by atoms with van der Waals surface area (Å²) in [4.78, 5) is 15.2. The van der Waals surface area contributed by atoms with Crippen molar-refractivity contribution in [2.75, 3.05) is 13.1 Å². The van der Waals surface area contributed by atoms with Crippen LogP contribution in [0, 0.1) is 9.49 Å². The van der Waals surface area contributed by atoms with Crippen molar-refractivity contribution in [1.82, 2.24) is 10.2 Å². The number of amides is 1. The van der Waals surface area contributed by atoms with E-state index < -0.39 is 0 Å². The minimum Gasteiger partial charge on any atom is -0.378 e. The highest BCUT2D eigenvalue weighted by Gasteiger charge is 2.39. The summed E-state index contributed by atoms with van der Waals surface area (Å²) in [6, 6.07) is 6.96. The third-order valence-electron chi connectivity index (χ3n) is 8.17. The van der Waals surface area contributed by atoms with Crippen LogP contribution in [0.4, 0.5) is 0 Å². The van der Waals surface area contributed by atoms with Crippen LogP contribution < -0.4 is 5.32 Å². The summed E-state index contributed by atoms with van der Waals surface area (Å²) in [5.74, 6) is 1.01. The lowest BCUT2D eigenvalue weighted by atomic mass is 9.75. The van der Waals surface area contributed by atoms with Crippen LogP contribution in [-0.4, -0.2) is 29.4 Å². The molecule has 1 saturated carbocycles. The van der Waals surface area contributed by atoms with Crippen LogP contribution in [0.3, 0.4) is 0 Å². The molecule has 0 bridgehead atoms. The predicted molar refractivity (Wildman–Crippen MR) is 140 cm³/mol. The van der Waals surface area contributed by atoms with E-state index in [1.165, 1.54) is 63.5 Å². The number of aryl methyl sites for hydroxylation is 1. The predicted octanol–water partition coefficient (Wildman–Crippen LogP) is 6.39. The van der Waals surface area contributed by atoms with Gasteiger partial charge >= 0.3 is 0 Å². The largest absolute Gasteiger partial charge is 0.378 e. The minimum absolute atomic E-state index is 0.156. The first-order valence-electron chi connectivity index (χ1n) is 12.5. The van der Waals surface area contributed by atoms with E-state index in [-0.39, 0.29) is 5.54 Å². The summed E-state index contributed by atoms with van der Waals surface area (Å²) < 4.78 is 1.31. The molecule has 1 atom stereocenters. The molecule has 32 heavy (non-hydrogen) atoms. The number of hydrogen-bond acceptors (Lipinski definition) is 2. The Hall–Kier alpha value is -1.56. The molecule has 170 valence electrons. The van der Waals surface area contributed by atoms with Gasteiger partial charge in [-0.15, -0.1) is 0 Å². The van der Waals surface area contributed by atoms with Crippen LogP contribution in [0.2, 0.25) is 0 Å². The van der Waals surface area contributed by atoms with E-state index >= 15 is 0 Å². The number of likely N-dealkylation sites (tertiary alicyclic amines) is 1. The quantitative estimate of drug-likeness (QED) is 0.440. The van der Waals surface area contributed by atoms with E-state index in [0.29, 0.717) is 11.8 Å². The van der Waals surface area contributed by atoms with Crippen LogP contribution in [0.25, 0.3) is 5.57 Å². The van der Waals surface area contributed by atoms with E-state index in [4.69, 9.17) is 0 Å². The molecule has 1 saturated heterocycles. The van der Waals surface area contributed by atoms with E-state index in [0.717, 1.165) is 45.2 Å². The van der Waals surface area contributed by atoms with Gasteiger partial charge in [-0.05, 0) is 121 Å². The average Bonchev–Trinajstić information content (AvgIpc) is 2.93. The van der Waals surface area contributed by atoms with Crippen LogP contribution in [0.5, 0.6) is 0 Å².